The Bertz CT molecular complexity index is 446. The van der Waals surface area contributed by atoms with Crippen LogP contribution in [-0.2, 0) is 10.2 Å². The van der Waals surface area contributed by atoms with Gasteiger partial charge in [-0.1, -0.05) is 23.7 Å². The number of hydrogen-bond acceptors (Lipinski definition) is 2. The van der Waals surface area contributed by atoms with E-state index in [1.807, 2.05) is 0 Å². The van der Waals surface area contributed by atoms with Gasteiger partial charge in [-0.15, -0.1) is 0 Å². The van der Waals surface area contributed by atoms with Crippen molar-refractivity contribution in [1.82, 2.24) is 4.72 Å². The summed E-state index contributed by atoms with van der Waals surface area (Å²) < 4.78 is 26.6. The minimum atomic E-state index is -3.36. The highest BCUT2D eigenvalue weighted by molar-refractivity contribution is 7.91. The Morgan fingerprint density at radius 2 is 2.07 bits per heavy atom. The molecule has 6 heteroatoms. The molecule has 0 radical (unpaired) electrons. The standard InChI is InChI=1S/C8H9ClN2O2S/c9-7-3-1-2-4-8(7)11-6-5-10-14(11,12)13/h1-4,10H,5-6H2. The van der Waals surface area contributed by atoms with Gasteiger partial charge in [-0.05, 0) is 12.1 Å². The van der Waals surface area contributed by atoms with Gasteiger partial charge in [0.1, 0.15) is 0 Å². The molecule has 4 nitrogen and oxygen atoms in total. The van der Waals surface area contributed by atoms with E-state index in [4.69, 9.17) is 11.6 Å². The van der Waals surface area contributed by atoms with Gasteiger partial charge in [-0.25, -0.2) is 0 Å². The molecular weight excluding hydrogens is 224 g/mol. The van der Waals surface area contributed by atoms with Crippen LogP contribution in [0.1, 0.15) is 0 Å². The van der Waals surface area contributed by atoms with Gasteiger partial charge in [0, 0.05) is 13.1 Å². The fourth-order valence-electron chi connectivity index (χ4n) is 1.38. The quantitative estimate of drug-likeness (QED) is 0.785. The molecule has 0 bridgehead atoms. The second kappa shape index (κ2) is 3.42. The van der Waals surface area contributed by atoms with Gasteiger partial charge < -0.3 is 0 Å². The Labute approximate surface area is 87.7 Å². The minimum absolute atomic E-state index is 0.423. The van der Waals surface area contributed by atoms with E-state index in [1.165, 1.54) is 4.31 Å². The number of hydrogen-bond donors (Lipinski definition) is 1. The molecule has 76 valence electrons. The van der Waals surface area contributed by atoms with Crippen LogP contribution in [0.4, 0.5) is 5.69 Å². The Kier molecular flexibility index (Phi) is 2.38. The summed E-state index contributed by atoms with van der Waals surface area (Å²) in [5, 5.41) is 0.444. The average molecular weight is 233 g/mol. The van der Waals surface area contributed by atoms with E-state index < -0.39 is 10.2 Å². The van der Waals surface area contributed by atoms with E-state index in [0.29, 0.717) is 23.8 Å². The molecule has 1 fully saturated rings. The molecule has 0 aromatic heterocycles. The number of benzene rings is 1. The Balaban J connectivity index is 2.46. The van der Waals surface area contributed by atoms with Crippen molar-refractivity contribution in [2.45, 2.75) is 0 Å². The van der Waals surface area contributed by atoms with Crippen molar-refractivity contribution < 1.29 is 8.42 Å². The molecular formula is C8H9ClN2O2S. The van der Waals surface area contributed by atoms with Gasteiger partial charge in [0.25, 0.3) is 0 Å². The molecule has 1 aliphatic heterocycles. The molecule has 0 unspecified atom stereocenters. The molecule has 0 atom stereocenters. The van der Waals surface area contributed by atoms with Crippen LogP contribution in [0.5, 0.6) is 0 Å². The summed E-state index contributed by atoms with van der Waals surface area (Å²) in [5.41, 5.74) is 0.527. The highest BCUT2D eigenvalue weighted by Gasteiger charge is 2.28. The summed E-state index contributed by atoms with van der Waals surface area (Å²) in [6.07, 6.45) is 0. The maximum Gasteiger partial charge on any atom is 0.301 e. The third kappa shape index (κ3) is 1.58. The van der Waals surface area contributed by atoms with E-state index >= 15 is 0 Å². The third-order valence-corrected chi connectivity index (χ3v) is 3.86. The fourth-order valence-corrected chi connectivity index (χ4v) is 2.92. The summed E-state index contributed by atoms with van der Waals surface area (Å²) in [5.74, 6) is 0. The largest absolute Gasteiger partial charge is 0.301 e. The maximum atomic E-state index is 11.5. The van der Waals surface area contributed by atoms with Gasteiger partial charge in [0.05, 0.1) is 10.7 Å². The van der Waals surface area contributed by atoms with Gasteiger partial charge >= 0.3 is 10.2 Å². The van der Waals surface area contributed by atoms with Crippen LogP contribution < -0.4 is 9.03 Å². The van der Waals surface area contributed by atoms with Crippen molar-refractivity contribution in [3.05, 3.63) is 29.3 Å². The highest BCUT2D eigenvalue weighted by Crippen LogP contribution is 2.27. The predicted octanol–water partition coefficient (Wildman–Crippen LogP) is 0.994. The van der Waals surface area contributed by atoms with Crippen molar-refractivity contribution in [2.75, 3.05) is 17.4 Å². The molecule has 1 aromatic rings. The van der Waals surface area contributed by atoms with E-state index in [1.54, 1.807) is 24.3 Å². The van der Waals surface area contributed by atoms with Crippen LogP contribution in [0, 0.1) is 0 Å². The minimum Gasteiger partial charge on any atom is -0.255 e. The average Bonchev–Trinajstić information content (AvgIpc) is 2.46. The molecule has 1 aliphatic rings. The summed E-state index contributed by atoms with van der Waals surface area (Å²) >= 11 is 5.90. The monoisotopic (exact) mass is 232 g/mol. The summed E-state index contributed by atoms with van der Waals surface area (Å²) in [7, 11) is -3.36. The first-order chi connectivity index (χ1) is 6.61. The molecule has 2 rings (SSSR count). The summed E-state index contributed by atoms with van der Waals surface area (Å²) in [6, 6.07) is 6.88. The fraction of sp³-hybridized carbons (Fsp3) is 0.250. The number of rotatable bonds is 1. The maximum absolute atomic E-state index is 11.5. The Morgan fingerprint density at radius 3 is 2.64 bits per heavy atom. The normalized spacial score (nSPS) is 19.9. The highest BCUT2D eigenvalue weighted by atomic mass is 35.5. The van der Waals surface area contributed by atoms with Gasteiger partial charge in [-0.2, -0.15) is 13.1 Å². The molecule has 0 aliphatic carbocycles. The van der Waals surface area contributed by atoms with Crippen LogP contribution in [-0.4, -0.2) is 21.5 Å². The number of halogens is 1. The number of para-hydroxylation sites is 1. The zero-order valence-corrected chi connectivity index (χ0v) is 8.85. The molecule has 0 saturated carbocycles. The number of nitrogens with one attached hydrogen (secondary N) is 1. The lowest BCUT2D eigenvalue weighted by Crippen LogP contribution is -2.29. The van der Waals surface area contributed by atoms with E-state index in [2.05, 4.69) is 4.72 Å². The Hall–Kier alpha value is -0.780. The van der Waals surface area contributed by atoms with Gasteiger partial charge in [0.15, 0.2) is 0 Å². The van der Waals surface area contributed by atoms with Gasteiger partial charge in [-0.3, -0.25) is 4.31 Å². The van der Waals surface area contributed by atoms with Crippen LogP contribution in [0.25, 0.3) is 0 Å². The summed E-state index contributed by atoms with van der Waals surface area (Å²) in [4.78, 5) is 0. The lowest BCUT2D eigenvalue weighted by atomic mass is 10.3. The van der Waals surface area contributed by atoms with Crippen LogP contribution in [0.3, 0.4) is 0 Å². The first-order valence-electron chi connectivity index (χ1n) is 4.13. The molecule has 14 heavy (non-hydrogen) atoms. The first kappa shape index (κ1) is 9.76. The molecule has 0 amide bonds. The van der Waals surface area contributed by atoms with Crippen LogP contribution in [0.15, 0.2) is 24.3 Å². The second-order valence-electron chi connectivity index (χ2n) is 2.92. The smallest absolute Gasteiger partial charge is 0.255 e. The van der Waals surface area contributed by atoms with Crippen molar-refractivity contribution in [2.24, 2.45) is 0 Å². The van der Waals surface area contributed by atoms with E-state index in [9.17, 15) is 8.42 Å². The van der Waals surface area contributed by atoms with E-state index in [-0.39, 0.29) is 0 Å². The van der Waals surface area contributed by atoms with Crippen molar-refractivity contribution in [3.8, 4) is 0 Å². The molecule has 1 saturated heterocycles. The predicted molar refractivity (Wildman–Crippen MR) is 55.7 cm³/mol. The Morgan fingerprint density at radius 1 is 1.36 bits per heavy atom. The molecule has 1 N–H and O–H groups in total. The van der Waals surface area contributed by atoms with Crippen LogP contribution in [0.2, 0.25) is 5.02 Å². The van der Waals surface area contributed by atoms with Crippen molar-refractivity contribution in [1.29, 1.82) is 0 Å². The zero-order chi connectivity index (χ0) is 10.2. The van der Waals surface area contributed by atoms with Crippen molar-refractivity contribution in [3.63, 3.8) is 0 Å². The lowest BCUT2D eigenvalue weighted by Gasteiger charge is -2.16. The van der Waals surface area contributed by atoms with Crippen LogP contribution >= 0.6 is 11.6 Å². The molecule has 0 spiro atoms. The molecule has 1 heterocycles. The summed E-state index contributed by atoms with van der Waals surface area (Å²) in [6.45, 7) is 0.847. The first-order valence-corrected chi connectivity index (χ1v) is 5.95. The van der Waals surface area contributed by atoms with Crippen molar-refractivity contribution >= 4 is 27.5 Å². The van der Waals surface area contributed by atoms with E-state index in [0.717, 1.165) is 0 Å². The number of nitrogens with zero attached hydrogens (tertiary/aromatic N) is 1. The third-order valence-electron chi connectivity index (χ3n) is 2.01. The molecule has 1 aromatic carbocycles. The zero-order valence-electron chi connectivity index (χ0n) is 7.27. The SMILES string of the molecule is O=S1(=O)NCCN1c1ccccc1Cl. The number of anilines is 1. The lowest BCUT2D eigenvalue weighted by molar-refractivity contribution is 0.592. The topological polar surface area (TPSA) is 49.4 Å². The second-order valence-corrected chi connectivity index (χ2v) is 5.01. The van der Waals surface area contributed by atoms with Gasteiger partial charge in [0.2, 0.25) is 0 Å².